The van der Waals surface area contributed by atoms with Gasteiger partial charge in [-0.3, -0.25) is 14.5 Å². The number of Topliss-reactive ketones (excluding diaryl/α,β-unsaturated/α-hetero) is 1. The van der Waals surface area contributed by atoms with Crippen molar-refractivity contribution in [2.75, 3.05) is 19.6 Å². The molecule has 1 aliphatic carbocycles. The fourth-order valence-corrected chi connectivity index (χ4v) is 6.02. The zero-order chi connectivity index (χ0) is 18.1. The molecule has 3 fully saturated rings. The molecule has 3 heterocycles. The second kappa shape index (κ2) is 7.43. The number of thiophene rings is 1. The number of ketones is 1. The first kappa shape index (κ1) is 18.2. The van der Waals surface area contributed by atoms with E-state index >= 15 is 0 Å². The van der Waals surface area contributed by atoms with Crippen LogP contribution >= 0.6 is 11.3 Å². The summed E-state index contributed by atoms with van der Waals surface area (Å²) in [6.45, 7) is 5.34. The van der Waals surface area contributed by atoms with Crippen molar-refractivity contribution >= 4 is 23.0 Å². The van der Waals surface area contributed by atoms with E-state index in [9.17, 15) is 9.59 Å². The first-order valence-corrected chi connectivity index (χ1v) is 11.1. The molecule has 4 nitrogen and oxygen atoms in total. The molecule has 4 rings (SSSR count). The van der Waals surface area contributed by atoms with E-state index in [-0.39, 0.29) is 11.2 Å². The molecule has 1 aromatic rings. The van der Waals surface area contributed by atoms with Gasteiger partial charge in [0, 0.05) is 25.7 Å². The van der Waals surface area contributed by atoms with Crippen LogP contribution in [0.2, 0.25) is 0 Å². The van der Waals surface area contributed by atoms with Gasteiger partial charge in [0.25, 0.3) is 0 Å². The van der Waals surface area contributed by atoms with Crippen LogP contribution in [0.15, 0.2) is 11.4 Å². The van der Waals surface area contributed by atoms with E-state index in [0.29, 0.717) is 11.9 Å². The predicted molar refractivity (Wildman–Crippen MR) is 104 cm³/mol. The quantitative estimate of drug-likeness (QED) is 0.745. The maximum absolute atomic E-state index is 13.4. The molecule has 3 aliphatic rings. The predicted octanol–water partition coefficient (Wildman–Crippen LogP) is 4.10. The Morgan fingerprint density at radius 3 is 2.73 bits per heavy atom. The summed E-state index contributed by atoms with van der Waals surface area (Å²) in [5.74, 6) is 0.581. The van der Waals surface area contributed by atoms with E-state index in [4.69, 9.17) is 0 Å². The van der Waals surface area contributed by atoms with Gasteiger partial charge in [-0.25, -0.2) is 0 Å². The Labute approximate surface area is 160 Å². The van der Waals surface area contributed by atoms with Gasteiger partial charge in [0.05, 0.1) is 10.3 Å². The monoisotopic (exact) mass is 374 g/mol. The van der Waals surface area contributed by atoms with Gasteiger partial charge in [0.2, 0.25) is 5.91 Å². The highest BCUT2D eigenvalue weighted by atomic mass is 32.1. The minimum atomic E-state index is -0.144. The molecule has 2 saturated heterocycles. The van der Waals surface area contributed by atoms with Crippen LogP contribution in [0, 0.1) is 5.41 Å². The molecule has 0 aromatic carbocycles. The molecule has 1 spiro atoms. The van der Waals surface area contributed by atoms with E-state index in [1.807, 2.05) is 6.07 Å². The Hall–Kier alpha value is -1.20. The third kappa shape index (κ3) is 3.48. The number of amides is 1. The molecular formula is C21H30N2O2S. The fraction of sp³-hybridized carbons (Fsp3) is 0.714. The lowest BCUT2D eigenvalue weighted by Crippen LogP contribution is -2.54. The number of likely N-dealkylation sites (tertiary alicyclic amines) is 2. The summed E-state index contributed by atoms with van der Waals surface area (Å²) in [6.07, 6.45) is 9.51. The fourth-order valence-electron chi connectivity index (χ4n) is 5.22. The smallest absolute Gasteiger partial charge is 0.230 e. The second-order valence-electron chi connectivity index (χ2n) is 8.51. The lowest BCUT2D eigenvalue weighted by molar-refractivity contribution is -0.149. The average Bonchev–Trinajstić information content (AvgIpc) is 3.27. The molecule has 1 unspecified atom stereocenters. The van der Waals surface area contributed by atoms with Crippen molar-refractivity contribution in [3.05, 3.63) is 21.9 Å². The van der Waals surface area contributed by atoms with Crippen LogP contribution in [-0.2, 0) is 11.3 Å². The third-order valence-electron chi connectivity index (χ3n) is 6.62. The first-order valence-electron chi connectivity index (χ1n) is 10.2. The number of rotatable bonds is 4. The zero-order valence-electron chi connectivity index (χ0n) is 15.8. The van der Waals surface area contributed by atoms with Crippen LogP contribution in [0.25, 0.3) is 0 Å². The molecule has 1 saturated carbocycles. The van der Waals surface area contributed by atoms with Crippen molar-refractivity contribution in [1.29, 1.82) is 0 Å². The van der Waals surface area contributed by atoms with Gasteiger partial charge in [-0.15, -0.1) is 11.3 Å². The van der Waals surface area contributed by atoms with Gasteiger partial charge >= 0.3 is 0 Å². The maximum atomic E-state index is 13.4. The molecular weight excluding hydrogens is 344 g/mol. The molecule has 5 heteroatoms. The van der Waals surface area contributed by atoms with E-state index in [0.717, 1.165) is 50.3 Å². The van der Waals surface area contributed by atoms with Crippen LogP contribution in [0.5, 0.6) is 0 Å². The molecule has 0 radical (unpaired) electrons. The first-order chi connectivity index (χ1) is 12.6. The van der Waals surface area contributed by atoms with Crippen molar-refractivity contribution in [2.45, 2.75) is 70.9 Å². The Morgan fingerprint density at radius 1 is 1.19 bits per heavy atom. The Bertz CT molecular complexity index is 679. The second-order valence-corrected chi connectivity index (χ2v) is 9.42. The van der Waals surface area contributed by atoms with Crippen LogP contribution in [0.1, 0.15) is 73.5 Å². The van der Waals surface area contributed by atoms with Crippen molar-refractivity contribution < 1.29 is 9.59 Å². The summed E-state index contributed by atoms with van der Waals surface area (Å²) < 4.78 is 0. The van der Waals surface area contributed by atoms with Crippen molar-refractivity contribution in [2.24, 2.45) is 5.41 Å². The average molecular weight is 375 g/mol. The molecule has 26 heavy (non-hydrogen) atoms. The number of hydrogen-bond donors (Lipinski definition) is 0. The zero-order valence-corrected chi connectivity index (χ0v) is 16.7. The van der Waals surface area contributed by atoms with Gasteiger partial charge < -0.3 is 4.90 Å². The highest BCUT2D eigenvalue weighted by molar-refractivity contribution is 7.12. The molecule has 0 N–H and O–H groups in total. The molecule has 2 aliphatic heterocycles. The highest BCUT2D eigenvalue weighted by Gasteiger charge is 2.49. The van der Waals surface area contributed by atoms with E-state index < -0.39 is 0 Å². The Kier molecular flexibility index (Phi) is 5.20. The molecule has 1 atom stereocenters. The molecule has 142 valence electrons. The van der Waals surface area contributed by atoms with Crippen LogP contribution < -0.4 is 0 Å². The topological polar surface area (TPSA) is 40.6 Å². The molecule has 1 amide bonds. The van der Waals surface area contributed by atoms with E-state index in [1.165, 1.54) is 49.0 Å². The number of nitrogens with zero attached hydrogens (tertiary/aromatic N) is 2. The minimum absolute atomic E-state index is 0.143. The molecule has 1 aromatic heterocycles. The SMILES string of the molecule is CC(=O)c1cc(CN2CCC3(CCCN(C4CCCCC4)C3=O)C2)cs1. The Balaban J connectivity index is 1.42. The van der Waals surface area contributed by atoms with E-state index in [1.54, 1.807) is 6.92 Å². The maximum Gasteiger partial charge on any atom is 0.230 e. The number of carbonyl (C=O) groups excluding carboxylic acids is 2. The normalized spacial score (nSPS) is 28.2. The van der Waals surface area contributed by atoms with Gasteiger partial charge in [0.15, 0.2) is 5.78 Å². The summed E-state index contributed by atoms with van der Waals surface area (Å²) in [4.78, 5) is 30.4. The summed E-state index contributed by atoms with van der Waals surface area (Å²) in [7, 11) is 0. The lowest BCUT2D eigenvalue weighted by atomic mass is 9.77. The van der Waals surface area contributed by atoms with Gasteiger partial charge in [-0.2, -0.15) is 0 Å². The van der Waals surface area contributed by atoms with Crippen LogP contribution in [0.4, 0.5) is 0 Å². The standard InChI is InChI=1S/C21H30N2O2S/c1-16(24)19-12-17(14-26-19)13-22-11-9-21(15-22)8-5-10-23(20(21)25)18-6-3-2-4-7-18/h12,14,18H,2-11,13,15H2,1H3. The van der Waals surface area contributed by atoms with Gasteiger partial charge in [-0.1, -0.05) is 19.3 Å². The van der Waals surface area contributed by atoms with E-state index in [2.05, 4.69) is 15.2 Å². The lowest BCUT2D eigenvalue weighted by Gasteiger charge is -2.44. The third-order valence-corrected chi connectivity index (χ3v) is 7.70. The largest absolute Gasteiger partial charge is 0.339 e. The minimum Gasteiger partial charge on any atom is -0.339 e. The number of carbonyl (C=O) groups is 2. The van der Waals surface area contributed by atoms with Crippen molar-refractivity contribution in [3.63, 3.8) is 0 Å². The summed E-state index contributed by atoms with van der Waals surface area (Å²) >= 11 is 1.54. The summed E-state index contributed by atoms with van der Waals surface area (Å²) in [6, 6.07) is 2.52. The van der Waals surface area contributed by atoms with Gasteiger partial charge in [-0.05, 0) is 62.6 Å². The molecule has 0 bridgehead atoms. The van der Waals surface area contributed by atoms with Crippen LogP contribution in [-0.4, -0.2) is 47.2 Å². The summed E-state index contributed by atoms with van der Waals surface area (Å²) in [5.41, 5.74) is 1.07. The van der Waals surface area contributed by atoms with Gasteiger partial charge in [0.1, 0.15) is 0 Å². The van der Waals surface area contributed by atoms with Crippen molar-refractivity contribution in [1.82, 2.24) is 9.80 Å². The van der Waals surface area contributed by atoms with Crippen molar-refractivity contribution in [3.8, 4) is 0 Å². The Morgan fingerprint density at radius 2 is 2.00 bits per heavy atom. The summed E-state index contributed by atoms with van der Waals surface area (Å²) in [5, 5.41) is 2.10. The van der Waals surface area contributed by atoms with Crippen LogP contribution in [0.3, 0.4) is 0 Å². The number of hydrogen-bond acceptors (Lipinski definition) is 4. The number of piperidine rings is 1. The highest BCUT2D eigenvalue weighted by Crippen LogP contribution is 2.42.